The molecular formula is C22H23N5O2. The fraction of sp³-hybridized carbons (Fsp3) is 0.318. The summed E-state index contributed by atoms with van der Waals surface area (Å²) in [7, 11) is 0. The van der Waals surface area contributed by atoms with Gasteiger partial charge in [0.05, 0.1) is 43.3 Å². The van der Waals surface area contributed by atoms with Gasteiger partial charge in [0.15, 0.2) is 5.82 Å². The lowest BCUT2D eigenvalue weighted by molar-refractivity contribution is -0.0331. The minimum absolute atomic E-state index is 0.0562. The highest BCUT2D eigenvalue weighted by atomic mass is 16.5. The second-order valence-electron chi connectivity index (χ2n) is 7.56. The van der Waals surface area contributed by atoms with Crippen LogP contribution in [-0.2, 0) is 11.3 Å². The fourth-order valence-electron chi connectivity index (χ4n) is 3.97. The quantitative estimate of drug-likeness (QED) is 0.531. The van der Waals surface area contributed by atoms with E-state index in [1.54, 1.807) is 23.3 Å². The van der Waals surface area contributed by atoms with Gasteiger partial charge >= 0.3 is 0 Å². The summed E-state index contributed by atoms with van der Waals surface area (Å²) in [5.41, 5.74) is 4.49. The van der Waals surface area contributed by atoms with Crippen molar-refractivity contribution >= 4 is 10.8 Å². The Labute approximate surface area is 168 Å². The number of aromatic nitrogens is 4. The molecule has 29 heavy (non-hydrogen) atoms. The zero-order valence-corrected chi connectivity index (χ0v) is 16.6. The number of furan rings is 1. The summed E-state index contributed by atoms with van der Waals surface area (Å²) in [6, 6.07) is 4.27. The molecule has 0 amide bonds. The van der Waals surface area contributed by atoms with Gasteiger partial charge in [-0.2, -0.15) is 5.10 Å². The minimum atomic E-state index is 0.0562. The number of hydrogen-bond donors (Lipinski definition) is 0. The average molecular weight is 389 g/mol. The molecule has 4 aromatic rings. The van der Waals surface area contributed by atoms with Crippen LogP contribution in [-0.4, -0.2) is 44.3 Å². The van der Waals surface area contributed by atoms with Crippen LogP contribution in [0, 0.1) is 13.8 Å². The van der Waals surface area contributed by atoms with E-state index in [0.717, 1.165) is 47.5 Å². The summed E-state index contributed by atoms with van der Waals surface area (Å²) in [5, 5.41) is 6.74. The maximum absolute atomic E-state index is 6.11. The van der Waals surface area contributed by atoms with Crippen LogP contribution in [0.3, 0.4) is 0 Å². The van der Waals surface area contributed by atoms with Crippen molar-refractivity contribution in [2.45, 2.75) is 26.5 Å². The first-order valence-corrected chi connectivity index (χ1v) is 9.79. The molecular weight excluding hydrogens is 366 g/mol. The van der Waals surface area contributed by atoms with Crippen LogP contribution in [0.25, 0.3) is 16.6 Å². The second kappa shape index (κ2) is 7.42. The van der Waals surface area contributed by atoms with Crippen molar-refractivity contribution in [3.8, 4) is 5.82 Å². The average Bonchev–Trinajstić information content (AvgIpc) is 3.38. The molecule has 0 radical (unpaired) electrons. The molecule has 7 nitrogen and oxygen atoms in total. The van der Waals surface area contributed by atoms with E-state index in [1.807, 2.05) is 25.6 Å². The molecule has 0 aliphatic carbocycles. The van der Waals surface area contributed by atoms with Crippen molar-refractivity contribution < 1.29 is 9.15 Å². The number of morpholine rings is 1. The molecule has 0 N–H and O–H groups in total. The summed E-state index contributed by atoms with van der Waals surface area (Å²) in [4.78, 5) is 11.1. The normalized spacial score (nSPS) is 17.8. The first-order valence-electron chi connectivity index (χ1n) is 9.79. The maximum atomic E-state index is 6.11. The lowest BCUT2D eigenvalue weighted by atomic mass is 9.98. The molecule has 1 aliphatic rings. The highest BCUT2D eigenvalue weighted by Crippen LogP contribution is 2.31. The van der Waals surface area contributed by atoms with E-state index in [-0.39, 0.29) is 6.10 Å². The zero-order chi connectivity index (χ0) is 19.8. The van der Waals surface area contributed by atoms with E-state index < -0.39 is 0 Å². The predicted octanol–water partition coefficient (Wildman–Crippen LogP) is 3.60. The van der Waals surface area contributed by atoms with E-state index in [4.69, 9.17) is 9.15 Å². The molecule has 1 unspecified atom stereocenters. The SMILES string of the molecule is Cc1cncc(-n2cc(CN3CCOC(c4ccc5cocc5c4C)C3)cn2)n1. The lowest BCUT2D eigenvalue weighted by Crippen LogP contribution is -2.38. The Morgan fingerprint density at radius 2 is 2.07 bits per heavy atom. The minimum Gasteiger partial charge on any atom is -0.471 e. The summed E-state index contributed by atoms with van der Waals surface area (Å²) < 4.78 is 13.3. The standard InChI is InChI=1S/C22H23N5O2/c1-15-7-23-9-22(25-15)27-11-17(8-24-27)10-26-5-6-29-21(12-26)19-4-3-18-13-28-14-20(18)16(19)2/h3-4,7-9,11,13-14,21H,5-6,10,12H2,1-2H3. The van der Waals surface area contributed by atoms with Crippen LogP contribution in [0.2, 0.25) is 0 Å². The van der Waals surface area contributed by atoms with Gasteiger partial charge in [-0.15, -0.1) is 0 Å². The number of fused-ring (bicyclic) bond motifs is 1. The van der Waals surface area contributed by atoms with Crippen LogP contribution in [0.4, 0.5) is 0 Å². The molecule has 5 rings (SSSR count). The van der Waals surface area contributed by atoms with Gasteiger partial charge in [0.2, 0.25) is 0 Å². The monoisotopic (exact) mass is 389 g/mol. The number of hydrogen-bond acceptors (Lipinski definition) is 6. The maximum Gasteiger partial charge on any atom is 0.172 e. The highest BCUT2D eigenvalue weighted by molar-refractivity contribution is 5.85. The molecule has 4 heterocycles. The number of aryl methyl sites for hydroxylation is 2. The van der Waals surface area contributed by atoms with Crippen LogP contribution in [0.5, 0.6) is 0 Å². The van der Waals surface area contributed by atoms with Gasteiger partial charge in [0, 0.05) is 48.4 Å². The third-order valence-corrected chi connectivity index (χ3v) is 5.49. The third-order valence-electron chi connectivity index (χ3n) is 5.49. The number of rotatable bonds is 4. The van der Waals surface area contributed by atoms with Crippen molar-refractivity contribution in [3.63, 3.8) is 0 Å². The third kappa shape index (κ3) is 3.54. The van der Waals surface area contributed by atoms with Crippen molar-refractivity contribution in [1.82, 2.24) is 24.6 Å². The van der Waals surface area contributed by atoms with E-state index in [0.29, 0.717) is 6.61 Å². The van der Waals surface area contributed by atoms with Gasteiger partial charge in [-0.25, -0.2) is 9.67 Å². The summed E-state index contributed by atoms with van der Waals surface area (Å²) in [5.74, 6) is 0.736. The van der Waals surface area contributed by atoms with Crippen molar-refractivity contribution in [3.05, 3.63) is 71.8 Å². The molecule has 1 atom stereocenters. The zero-order valence-electron chi connectivity index (χ0n) is 16.6. The Morgan fingerprint density at radius 1 is 1.14 bits per heavy atom. The molecule has 1 saturated heterocycles. The number of benzene rings is 1. The molecule has 1 aromatic carbocycles. The highest BCUT2D eigenvalue weighted by Gasteiger charge is 2.24. The first kappa shape index (κ1) is 18.0. The van der Waals surface area contributed by atoms with E-state index >= 15 is 0 Å². The summed E-state index contributed by atoms with van der Waals surface area (Å²) in [6.07, 6.45) is 11.1. The lowest BCUT2D eigenvalue weighted by Gasteiger charge is -2.33. The molecule has 3 aromatic heterocycles. The van der Waals surface area contributed by atoms with Gasteiger partial charge in [0.1, 0.15) is 0 Å². The summed E-state index contributed by atoms with van der Waals surface area (Å²) >= 11 is 0. The van der Waals surface area contributed by atoms with Crippen molar-refractivity contribution in [2.75, 3.05) is 19.7 Å². The van der Waals surface area contributed by atoms with Gasteiger partial charge in [0.25, 0.3) is 0 Å². The molecule has 7 heteroatoms. The van der Waals surface area contributed by atoms with Crippen LogP contribution in [0.15, 0.2) is 53.9 Å². The molecule has 1 aliphatic heterocycles. The van der Waals surface area contributed by atoms with Gasteiger partial charge in [-0.3, -0.25) is 9.88 Å². The molecule has 0 spiro atoms. The number of ether oxygens (including phenoxy) is 1. The first-order chi connectivity index (χ1) is 14.2. The Kier molecular flexibility index (Phi) is 4.61. The molecule has 0 saturated carbocycles. The largest absolute Gasteiger partial charge is 0.471 e. The van der Waals surface area contributed by atoms with Crippen molar-refractivity contribution in [1.29, 1.82) is 0 Å². The Balaban J connectivity index is 1.32. The number of nitrogens with zero attached hydrogens (tertiary/aromatic N) is 5. The van der Waals surface area contributed by atoms with E-state index in [9.17, 15) is 0 Å². The van der Waals surface area contributed by atoms with Crippen LogP contribution < -0.4 is 0 Å². The summed E-state index contributed by atoms with van der Waals surface area (Å²) in [6.45, 7) is 7.36. The van der Waals surface area contributed by atoms with E-state index in [2.05, 4.69) is 39.0 Å². The Bertz CT molecular complexity index is 1150. The smallest absolute Gasteiger partial charge is 0.172 e. The molecule has 1 fully saturated rings. The Morgan fingerprint density at radius 3 is 2.97 bits per heavy atom. The van der Waals surface area contributed by atoms with Gasteiger partial charge in [-0.1, -0.05) is 12.1 Å². The van der Waals surface area contributed by atoms with Crippen molar-refractivity contribution in [2.24, 2.45) is 0 Å². The molecule has 148 valence electrons. The van der Waals surface area contributed by atoms with Crippen LogP contribution in [0.1, 0.15) is 28.5 Å². The second-order valence-corrected chi connectivity index (χ2v) is 7.56. The fourth-order valence-corrected chi connectivity index (χ4v) is 3.97. The van der Waals surface area contributed by atoms with Crippen LogP contribution >= 0.6 is 0 Å². The van der Waals surface area contributed by atoms with Gasteiger partial charge in [-0.05, 0) is 25.0 Å². The van der Waals surface area contributed by atoms with E-state index in [1.165, 1.54) is 11.1 Å². The Hall–Kier alpha value is -3.03. The predicted molar refractivity (Wildman–Crippen MR) is 109 cm³/mol. The molecule has 0 bridgehead atoms. The van der Waals surface area contributed by atoms with Gasteiger partial charge < -0.3 is 9.15 Å². The topological polar surface area (TPSA) is 69.2 Å².